The fourth-order valence-corrected chi connectivity index (χ4v) is 3.71. The van der Waals surface area contributed by atoms with E-state index in [9.17, 15) is 4.79 Å². The first-order valence-corrected chi connectivity index (χ1v) is 8.56. The van der Waals surface area contributed by atoms with Crippen LogP contribution in [0.3, 0.4) is 0 Å². The smallest absolute Gasteiger partial charge is 0.255 e. The van der Waals surface area contributed by atoms with Crippen LogP contribution in [0.4, 0.5) is 0 Å². The minimum Gasteiger partial charge on any atom is -0.492 e. The monoisotopic (exact) mass is 336 g/mol. The molecule has 0 radical (unpaired) electrons. The molecule has 126 valence electrons. The molecule has 2 heterocycles. The quantitative estimate of drug-likeness (QED) is 0.869. The number of hydrogen-bond acceptors (Lipinski definition) is 3. The highest BCUT2D eigenvalue weighted by Gasteiger charge is 2.34. The van der Waals surface area contributed by atoms with Crippen molar-refractivity contribution in [1.82, 2.24) is 10.6 Å². The van der Waals surface area contributed by atoms with E-state index in [0.29, 0.717) is 29.6 Å². The Labute approximate surface area is 143 Å². The van der Waals surface area contributed by atoms with Crippen molar-refractivity contribution < 1.29 is 9.53 Å². The van der Waals surface area contributed by atoms with E-state index in [0.717, 1.165) is 25.2 Å². The third-order valence-electron chi connectivity index (χ3n) is 5.11. The maximum Gasteiger partial charge on any atom is 0.255 e. The Bertz CT molecular complexity index is 550. The molecule has 2 atom stereocenters. The molecule has 4 nitrogen and oxygen atoms in total. The van der Waals surface area contributed by atoms with Crippen LogP contribution in [0.15, 0.2) is 24.3 Å². The van der Waals surface area contributed by atoms with Crippen LogP contribution in [-0.2, 0) is 0 Å². The Hall–Kier alpha value is -1.26. The lowest BCUT2D eigenvalue weighted by atomic mass is 9.99. The summed E-state index contributed by atoms with van der Waals surface area (Å²) in [6.45, 7) is 0.738. The summed E-state index contributed by atoms with van der Waals surface area (Å²) in [7, 11) is 0. The molecular formula is C18H25ClN2O2. The van der Waals surface area contributed by atoms with Crippen molar-refractivity contribution >= 4 is 18.3 Å². The van der Waals surface area contributed by atoms with Gasteiger partial charge in [0.2, 0.25) is 0 Å². The van der Waals surface area contributed by atoms with E-state index in [1.165, 1.54) is 25.7 Å². The van der Waals surface area contributed by atoms with Gasteiger partial charge in [-0.1, -0.05) is 12.1 Å². The first-order chi connectivity index (χ1) is 10.8. The van der Waals surface area contributed by atoms with Crippen LogP contribution in [0, 0.1) is 5.92 Å². The summed E-state index contributed by atoms with van der Waals surface area (Å²) < 4.78 is 5.85. The van der Waals surface area contributed by atoms with Gasteiger partial charge in [-0.3, -0.25) is 4.79 Å². The average Bonchev–Trinajstić information content (AvgIpc) is 3.30. The largest absolute Gasteiger partial charge is 0.492 e. The van der Waals surface area contributed by atoms with E-state index in [1.54, 1.807) is 0 Å². The molecule has 2 bridgehead atoms. The molecule has 2 N–H and O–H groups in total. The van der Waals surface area contributed by atoms with Gasteiger partial charge in [0.15, 0.2) is 0 Å². The number of piperidine rings is 1. The van der Waals surface area contributed by atoms with Crippen LogP contribution in [0.25, 0.3) is 0 Å². The normalized spacial score (nSPS) is 28.8. The molecule has 2 aliphatic heterocycles. The van der Waals surface area contributed by atoms with E-state index in [1.807, 2.05) is 24.3 Å². The van der Waals surface area contributed by atoms with Gasteiger partial charge in [-0.25, -0.2) is 0 Å². The van der Waals surface area contributed by atoms with E-state index in [2.05, 4.69) is 10.6 Å². The van der Waals surface area contributed by atoms with Crippen molar-refractivity contribution in [2.24, 2.45) is 5.92 Å². The van der Waals surface area contributed by atoms with Crippen molar-refractivity contribution in [2.75, 3.05) is 6.61 Å². The first-order valence-electron chi connectivity index (χ1n) is 8.56. The van der Waals surface area contributed by atoms with Gasteiger partial charge in [0.25, 0.3) is 5.91 Å². The van der Waals surface area contributed by atoms with E-state index in [-0.39, 0.29) is 18.3 Å². The minimum atomic E-state index is 0. The second-order valence-corrected chi connectivity index (χ2v) is 7.03. The number of hydrogen-bond donors (Lipinski definition) is 2. The van der Waals surface area contributed by atoms with Gasteiger partial charge in [0.1, 0.15) is 5.75 Å². The summed E-state index contributed by atoms with van der Waals surface area (Å²) in [6, 6.07) is 9.09. The van der Waals surface area contributed by atoms with Gasteiger partial charge in [-0.05, 0) is 56.6 Å². The predicted octanol–water partition coefficient (Wildman–Crippen LogP) is 2.91. The van der Waals surface area contributed by atoms with Crippen molar-refractivity contribution in [2.45, 2.75) is 56.7 Å². The number of carbonyl (C=O) groups is 1. The summed E-state index contributed by atoms with van der Waals surface area (Å²) in [5.41, 5.74) is 0.675. The van der Waals surface area contributed by atoms with Crippen molar-refractivity contribution in [3.8, 4) is 5.75 Å². The number of ether oxygens (including phenoxy) is 1. The Kier molecular flexibility index (Phi) is 5.12. The Balaban J connectivity index is 0.00000156. The molecule has 0 aromatic heterocycles. The molecule has 5 heteroatoms. The lowest BCUT2D eigenvalue weighted by Gasteiger charge is -2.29. The molecule has 4 rings (SSSR count). The molecule has 2 unspecified atom stereocenters. The average molecular weight is 337 g/mol. The lowest BCUT2D eigenvalue weighted by Crippen LogP contribution is -2.48. The van der Waals surface area contributed by atoms with Crippen LogP contribution in [0.5, 0.6) is 5.75 Å². The van der Waals surface area contributed by atoms with Crippen molar-refractivity contribution in [3.63, 3.8) is 0 Å². The van der Waals surface area contributed by atoms with E-state index >= 15 is 0 Å². The number of nitrogens with one attached hydrogen (secondary N) is 2. The molecule has 0 spiro atoms. The number of fused-ring (bicyclic) bond motifs is 2. The number of rotatable bonds is 5. The summed E-state index contributed by atoms with van der Waals surface area (Å²) in [4.78, 5) is 12.6. The molecule has 1 aromatic carbocycles. The number of carbonyl (C=O) groups excluding carboxylic acids is 1. The van der Waals surface area contributed by atoms with Gasteiger partial charge >= 0.3 is 0 Å². The topological polar surface area (TPSA) is 50.4 Å². The highest BCUT2D eigenvalue weighted by molar-refractivity contribution is 5.97. The van der Waals surface area contributed by atoms with E-state index < -0.39 is 0 Å². The maximum atomic E-state index is 12.6. The molecule has 1 amide bonds. The summed E-state index contributed by atoms with van der Waals surface area (Å²) in [5.74, 6) is 1.43. The standard InChI is InChI=1S/C18H24N2O2.ClH/c21-18(20-15-9-13-7-8-14(10-15)19-13)16-3-1-2-4-17(16)22-11-12-5-6-12;/h1-4,12-15,19H,5-11H2,(H,20,21);1H. The summed E-state index contributed by atoms with van der Waals surface area (Å²) >= 11 is 0. The van der Waals surface area contributed by atoms with Gasteiger partial charge in [0, 0.05) is 18.1 Å². The van der Waals surface area contributed by atoms with Crippen LogP contribution in [0.2, 0.25) is 0 Å². The first kappa shape index (κ1) is 16.6. The molecule has 3 aliphatic rings. The molecule has 1 aromatic rings. The fourth-order valence-electron chi connectivity index (χ4n) is 3.71. The molecule has 1 saturated carbocycles. The zero-order valence-electron chi connectivity index (χ0n) is 13.3. The lowest BCUT2D eigenvalue weighted by molar-refractivity contribution is 0.0919. The van der Waals surface area contributed by atoms with Crippen LogP contribution in [-0.4, -0.2) is 30.6 Å². The van der Waals surface area contributed by atoms with Crippen LogP contribution in [0.1, 0.15) is 48.9 Å². The van der Waals surface area contributed by atoms with Gasteiger partial charge in [-0.2, -0.15) is 0 Å². The highest BCUT2D eigenvalue weighted by Crippen LogP contribution is 2.31. The number of benzene rings is 1. The SMILES string of the molecule is Cl.O=C(NC1CC2CCC(C1)N2)c1ccccc1OCC1CC1. The number of amides is 1. The van der Waals surface area contributed by atoms with Crippen molar-refractivity contribution in [3.05, 3.63) is 29.8 Å². The highest BCUT2D eigenvalue weighted by atomic mass is 35.5. The fraction of sp³-hybridized carbons (Fsp3) is 0.611. The van der Waals surface area contributed by atoms with Crippen LogP contribution >= 0.6 is 12.4 Å². The Morgan fingerprint density at radius 1 is 1.13 bits per heavy atom. The Morgan fingerprint density at radius 3 is 2.52 bits per heavy atom. The second kappa shape index (κ2) is 7.10. The van der Waals surface area contributed by atoms with Crippen LogP contribution < -0.4 is 15.4 Å². The van der Waals surface area contributed by atoms with Crippen molar-refractivity contribution in [1.29, 1.82) is 0 Å². The molecule has 23 heavy (non-hydrogen) atoms. The third-order valence-corrected chi connectivity index (χ3v) is 5.11. The molecule has 3 fully saturated rings. The van der Waals surface area contributed by atoms with Gasteiger partial charge < -0.3 is 15.4 Å². The molecule has 1 aliphatic carbocycles. The predicted molar refractivity (Wildman–Crippen MR) is 92.3 cm³/mol. The minimum absolute atomic E-state index is 0. The van der Waals surface area contributed by atoms with Gasteiger partial charge in [0.05, 0.1) is 12.2 Å². The summed E-state index contributed by atoms with van der Waals surface area (Å²) in [5, 5.41) is 6.83. The Morgan fingerprint density at radius 2 is 1.83 bits per heavy atom. The third kappa shape index (κ3) is 3.99. The second-order valence-electron chi connectivity index (χ2n) is 7.03. The zero-order chi connectivity index (χ0) is 14.9. The molecular weight excluding hydrogens is 312 g/mol. The van der Waals surface area contributed by atoms with E-state index in [4.69, 9.17) is 4.74 Å². The zero-order valence-corrected chi connectivity index (χ0v) is 14.1. The van der Waals surface area contributed by atoms with Gasteiger partial charge in [-0.15, -0.1) is 12.4 Å². The number of para-hydroxylation sites is 1. The molecule has 2 saturated heterocycles. The number of halogens is 1. The summed E-state index contributed by atoms with van der Waals surface area (Å²) in [6.07, 6.45) is 7.11. The maximum absolute atomic E-state index is 12.6.